The van der Waals surface area contributed by atoms with Crippen molar-refractivity contribution in [2.75, 3.05) is 6.61 Å². The van der Waals surface area contributed by atoms with Crippen LogP contribution in [0.3, 0.4) is 0 Å². The van der Waals surface area contributed by atoms with Crippen LogP contribution < -0.4 is 10.1 Å². The number of rotatable bonds is 8. The Labute approximate surface area is 161 Å². The maximum Gasteiger partial charge on any atom is 0.407 e. The van der Waals surface area contributed by atoms with Gasteiger partial charge in [0, 0.05) is 23.1 Å². The lowest BCUT2D eigenvalue weighted by Gasteiger charge is -2.11. The van der Waals surface area contributed by atoms with E-state index in [0.717, 1.165) is 22.4 Å². The van der Waals surface area contributed by atoms with E-state index in [-0.39, 0.29) is 6.61 Å². The zero-order valence-corrected chi connectivity index (χ0v) is 15.4. The van der Waals surface area contributed by atoms with Crippen LogP contribution in [0, 0.1) is 0 Å². The Morgan fingerprint density at radius 1 is 1.19 bits per heavy atom. The molecule has 0 aliphatic rings. The zero-order valence-electron chi connectivity index (χ0n) is 14.6. The van der Waals surface area contributed by atoms with Crippen LogP contribution in [0.4, 0.5) is 4.79 Å². The highest BCUT2D eigenvalue weighted by Gasteiger charge is 2.07. The minimum Gasteiger partial charge on any atom is -0.489 e. The van der Waals surface area contributed by atoms with Gasteiger partial charge in [0.15, 0.2) is 0 Å². The van der Waals surface area contributed by atoms with Crippen molar-refractivity contribution < 1.29 is 14.3 Å². The van der Waals surface area contributed by atoms with Gasteiger partial charge in [-0.2, -0.15) is 0 Å². The van der Waals surface area contributed by atoms with Gasteiger partial charge in [-0.05, 0) is 23.2 Å². The second-order valence-corrected chi connectivity index (χ2v) is 6.23. The second-order valence-electron chi connectivity index (χ2n) is 5.62. The number of nitrogens with one attached hydrogen (secondary N) is 1. The Hall–Kier alpha value is -3.19. The molecule has 1 amide bonds. The molecule has 0 saturated heterocycles. The van der Waals surface area contributed by atoms with Gasteiger partial charge in [-0.15, -0.1) is 5.10 Å². The highest BCUT2D eigenvalue weighted by molar-refractivity contribution is 7.03. The number of benzene rings is 2. The number of carbonyl (C=O) groups excluding carboxylic acids is 1. The van der Waals surface area contributed by atoms with Crippen LogP contribution in [0.2, 0.25) is 0 Å². The van der Waals surface area contributed by atoms with E-state index < -0.39 is 6.09 Å². The summed E-state index contributed by atoms with van der Waals surface area (Å²) in [5, 5.41) is 8.66. The lowest BCUT2D eigenvalue weighted by Crippen LogP contribution is -2.23. The van der Waals surface area contributed by atoms with Crippen molar-refractivity contribution in [1.82, 2.24) is 14.9 Å². The third-order valence-corrected chi connectivity index (χ3v) is 4.24. The summed E-state index contributed by atoms with van der Waals surface area (Å²) in [6.45, 7) is 4.54. The van der Waals surface area contributed by atoms with Crippen LogP contribution in [0.1, 0.15) is 11.1 Å². The molecule has 7 heteroatoms. The van der Waals surface area contributed by atoms with E-state index in [9.17, 15) is 4.79 Å². The molecule has 27 heavy (non-hydrogen) atoms. The van der Waals surface area contributed by atoms with Gasteiger partial charge >= 0.3 is 6.09 Å². The summed E-state index contributed by atoms with van der Waals surface area (Å²) in [5.41, 5.74) is 3.60. The molecule has 0 fully saturated rings. The first kappa shape index (κ1) is 18.6. The molecule has 3 aromatic rings. The average Bonchev–Trinajstić information content (AvgIpc) is 3.25. The van der Waals surface area contributed by atoms with Gasteiger partial charge in [0.1, 0.15) is 24.7 Å². The van der Waals surface area contributed by atoms with Gasteiger partial charge in [0.05, 0.1) is 0 Å². The van der Waals surface area contributed by atoms with E-state index in [2.05, 4.69) is 21.5 Å². The van der Waals surface area contributed by atoms with Crippen LogP contribution in [-0.4, -0.2) is 22.3 Å². The Morgan fingerprint density at radius 2 is 2.00 bits per heavy atom. The van der Waals surface area contributed by atoms with Crippen molar-refractivity contribution in [3.63, 3.8) is 0 Å². The van der Waals surface area contributed by atoms with Crippen LogP contribution >= 0.6 is 11.5 Å². The fourth-order valence-corrected chi connectivity index (χ4v) is 2.83. The summed E-state index contributed by atoms with van der Waals surface area (Å²) in [7, 11) is 0. The van der Waals surface area contributed by atoms with Crippen molar-refractivity contribution in [1.29, 1.82) is 0 Å². The van der Waals surface area contributed by atoms with Crippen molar-refractivity contribution in [3.8, 4) is 17.0 Å². The Balaban J connectivity index is 1.48. The molecule has 2 aromatic carbocycles. The van der Waals surface area contributed by atoms with Crippen molar-refractivity contribution >= 4 is 17.6 Å². The third kappa shape index (κ3) is 5.39. The van der Waals surface area contributed by atoms with Gasteiger partial charge in [-0.3, -0.25) is 0 Å². The molecule has 0 atom stereocenters. The molecule has 0 aliphatic heterocycles. The number of alkyl carbamates (subject to hydrolysis) is 1. The minimum atomic E-state index is -0.485. The molecule has 6 nitrogen and oxygen atoms in total. The molecule has 3 rings (SSSR count). The number of para-hydroxylation sites is 1. The summed E-state index contributed by atoms with van der Waals surface area (Å²) in [4.78, 5) is 12.0. The van der Waals surface area contributed by atoms with Gasteiger partial charge in [-0.1, -0.05) is 59.6 Å². The topological polar surface area (TPSA) is 73.3 Å². The van der Waals surface area contributed by atoms with Crippen LogP contribution in [0.25, 0.3) is 11.3 Å². The maximum atomic E-state index is 12.0. The number of hydrogen-bond acceptors (Lipinski definition) is 6. The molecular formula is C20H19N3O3S. The van der Waals surface area contributed by atoms with Crippen molar-refractivity contribution in [2.45, 2.75) is 13.2 Å². The summed E-state index contributed by atoms with van der Waals surface area (Å²) in [5.74, 6) is 0.678. The van der Waals surface area contributed by atoms with Crippen LogP contribution in [0.5, 0.6) is 5.75 Å². The summed E-state index contributed by atoms with van der Waals surface area (Å²) >= 11 is 1.31. The number of amides is 1. The maximum absolute atomic E-state index is 12.0. The molecule has 1 aromatic heterocycles. The minimum absolute atomic E-state index is 0.134. The highest BCUT2D eigenvalue weighted by Crippen LogP contribution is 2.19. The quantitative estimate of drug-likeness (QED) is 0.592. The summed E-state index contributed by atoms with van der Waals surface area (Å²) in [6.07, 6.45) is 1.18. The first-order valence-corrected chi connectivity index (χ1v) is 9.18. The van der Waals surface area contributed by atoms with E-state index >= 15 is 0 Å². The average molecular weight is 381 g/mol. The predicted molar refractivity (Wildman–Crippen MR) is 105 cm³/mol. The second kappa shape index (κ2) is 9.49. The number of hydrogen-bond donors (Lipinski definition) is 1. The third-order valence-electron chi connectivity index (χ3n) is 3.73. The standard InChI is InChI=1S/C20H19N3O3S/c1-2-11-25-19-6-4-3-5-17(19)13-26-20(24)21-12-15-7-9-16(10-8-15)18-14-27-23-22-18/h2-10,14H,1,11-13H2,(H,21,24). The molecule has 0 saturated carbocycles. The molecule has 0 radical (unpaired) electrons. The van der Waals surface area contributed by atoms with E-state index in [1.54, 1.807) is 6.08 Å². The smallest absolute Gasteiger partial charge is 0.407 e. The molecule has 0 aliphatic carbocycles. The molecule has 0 spiro atoms. The predicted octanol–water partition coefficient (Wildman–Crippen LogP) is 4.20. The summed E-state index contributed by atoms with van der Waals surface area (Å²) < 4.78 is 14.7. The van der Waals surface area contributed by atoms with Crippen molar-refractivity contribution in [3.05, 3.63) is 77.7 Å². The highest BCUT2D eigenvalue weighted by atomic mass is 32.1. The van der Waals surface area contributed by atoms with Gasteiger partial charge in [-0.25, -0.2) is 4.79 Å². The molecule has 0 unspecified atom stereocenters. The largest absolute Gasteiger partial charge is 0.489 e. The number of carbonyl (C=O) groups is 1. The monoisotopic (exact) mass is 381 g/mol. The molecule has 138 valence electrons. The van der Waals surface area contributed by atoms with E-state index in [1.807, 2.05) is 53.9 Å². The van der Waals surface area contributed by atoms with Crippen LogP contribution in [0.15, 0.2) is 66.6 Å². The summed E-state index contributed by atoms with van der Waals surface area (Å²) in [6, 6.07) is 15.2. The first-order chi connectivity index (χ1) is 13.3. The fraction of sp³-hybridized carbons (Fsp3) is 0.150. The van der Waals surface area contributed by atoms with E-state index in [1.165, 1.54) is 11.5 Å². The lowest BCUT2D eigenvalue weighted by atomic mass is 10.1. The molecular weight excluding hydrogens is 362 g/mol. The molecule has 1 heterocycles. The van der Waals surface area contributed by atoms with Gasteiger partial charge < -0.3 is 14.8 Å². The lowest BCUT2D eigenvalue weighted by molar-refractivity contribution is 0.138. The Morgan fingerprint density at radius 3 is 2.74 bits per heavy atom. The van der Waals surface area contributed by atoms with E-state index in [0.29, 0.717) is 18.9 Å². The van der Waals surface area contributed by atoms with Gasteiger partial charge in [0.25, 0.3) is 0 Å². The van der Waals surface area contributed by atoms with E-state index in [4.69, 9.17) is 9.47 Å². The molecule has 1 N–H and O–H groups in total. The number of nitrogens with zero attached hydrogens (tertiary/aromatic N) is 2. The normalized spacial score (nSPS) is 10.2. The number of aromatic nitrogens is 2. The Bertz CT molecular complexity index is 880. The van der Waals surface area contributed by atoms with Crippen molar-refractivity contribution in [2.24, 2.45) is 0 Å². The Kier molecular flexibility index (Phi) is 6.54. The number of ether oxygens (including phenoxy) is 2. The molecule has 0 bridgehead atoms. The SMILES string of the molecule is C=CCOc1ccccc1COC(=O)NCc1ccc(-c2csnn2)cc1. The first-order valence-electron chi connectivity index (χ1n) is 8.35. The zero-order chi connectivity index (χ0) is 18.9. The van der Waals surface area contributed by atoms with Crippen LogP contribution in [-0.2, 0) is 17.9 Å². The fourth-order valence-electron chi connectivity index (χ4n) is 2.36. The van der Waals surface area contributed by atoms with Gasteiger partial charge in [0.2, 0.25) is 0 Å².